The second-order valence-electron chi connectivity index (χ2n) is 7.21. The zero-order valence-electron chi connectivity index (χ0n) is 16.3. The van der Waals surface area contributed by atoms with Crippen LogP contribution in [0, 0.1) is 5.92 Å². The van der Waals surface area contributed by atoms with E-state index in [-0.39, 0.29) is 30.2 Å². The van der Waals surface area contributed by atoms with E-state index < -0.39 is 12.0 Å². The topological polar surface area (TPSA) is 97.0 Å². The maximum absolute atomic E-state index is 12.5. The first-order chi connectivity index (χ1) is 13.5. The molecule has 0 spiro atoms. The Morgan fingerprint density at radius 1 is 1.32 bits per heavy atom. The Kier molecular flexibility index (Phi) is 6.51. The molecule has 0 saturated carbocycles. The first kappa shape index (κ1) is 20.1. The summed E-state index contributed by atoms with van der Waals surface area (Å²) in [6.07, 6.45) is 2.12. The third-order valence-corrected chi connectivity index (χ3v) is 5.16. The van der Waals surface area contributed by atoms with Crippen LogP contribution in [0.15, 0.2) is 24.3 Å². The van der Waals surface area contributed by atoms with Gasteiger partial charge in [0.05, 0.1) is 19.1 Å². The summed E-state index contributed by atoms with van der Waals surface area (Å²) < 4.78 is 10.6. The Hall–Kier alpha value is -2.61. The predicted octanol–water partition coefficient (Wildman–Crippen LogP) is 0.848. The second-order valence-corrected chi connectivity index (χ2v) is 7.21. The van der Waals surface area contributed by atoms with E-state index in [1.807, 2.05) is 0 Å². The van der Waals surface area contributed by atoms with Gasteiger partial charge in [0.1, 0.15) is 11.8 Å². The van der Waals surface area contributed by atoms with Crippen LogP contribution >= 0.6 is 0 Å². The Morgan fingerprint density at radius 3 is 2.71 bits per heavy atom. The molecule has 8 heteroatoms. The standard InChI is InChI=1S/C20H27N3O5/c1-13(19(25)21-11-17-4-3-9-28-17)22-20(26)14-10-18(24)23(12-14)15-5-7-16(27-2)8-6-15/h5-8,13-14,17H,3-4,9-12H2,1-2H3,(H,21,25)(H,22,26)/t13-,14+,17-/m0/s1. The van der Waals surface area contributed by atoms with E-state index >= 15 is 0 Å². The van der Waals surface area contributed by atoms with E-state index in [4.69, 9.17) is 9.47 Å². The summed E-state index contributed by atoms with van der Waals surface area (Å²) in [7, 11) is 1.58. The third-order valence-electron chi connectivity index (χ3n) is 5.16. The normalized spacial score (nSPS) is 22.8. The van der Waals surface area contributed by atoms with Gasteiger partial charge in [0.15, 0.2) is 0 Å². The molecule has 0 aromatic heterocycles. The molecule has 1 aromatic rings. The van der Waals surface area contributed by atoms with Crippen LogP contribution in [-0.4, -0.2) is 56.7 Å². The molecular formula is C20H27N3O5. The van der Waals surface area contributed by atoms with Gasteiger partial charge in [0.2, 0.25) is 17.7 Å². The highest BCUT2D eigenvalue weighted by atomic mass is 16.5. The average molecular weight is 389 g/mol. The summed E-state index contributed by atoms with van der Waals surface area (Å²) in [6, 6.07) is 6.46. The quantitative estimate of drug-likeness (QED) is 0.721. The van der Waals surface area contributed by atoms with Crippen molar-refractivity contribution < 1.29 is 23.9 Å². The van der Waals surface area contributed by atoms with Crippen molar-refractivity contribution in [1.82, 2.24) is 10.6 Å². The molecule has 3 rings (SSSR count). The SMILES string of the molecule is COc1ccc(N2C[C@H](C(=O)N[C@@H](C)C(=O)NC[C@@H]3CCCO3)CC2=O)cc1. The summed E-state index contributed by atoms with van der Waals surface area (Å²) >= 11 is 0. The average Bonchev–Trinajstić information content (AvgIpc) is 3.35. The van der Waals surface area contributed by atoms with E-state index in [9.17, 15) is 14.4 Å². The van der Waals surface area contributed by atoms with Crippen LogP contribution < -0.4 is 20.3 Å². The van der Waals surface area contributed by atoms with Crippen LogP contribution in [0.1, 0.15) is 26.2 Å². The van der Waals surface area contributed by atoms with Gasteiger partial charge >= 0.3 is 0 Å². The van der Waals surface area contributed by atoms with Crippen molar-refractivity contribution in [2.24, 2.45) is 5.92 Å². The fourth-order valence-corrected chi connectivity index (χ4v) is 3.46. The molecular weight excluding hydrogens is 362 g/mol. The molecule has 0 radical (unpaired) electrons. The van der Waals surface area contributed by atoms with Gasteiger partial charge in [0, 0.05) is 31.8 Å². The van der Waals surface area contributed by atoms with Crippen LogP contribution in [0.3, 0.4) is 0 Å². The van der Waals surface area contributed by atoms with E-state index in [0.29, 0.717) is 18.8 Å². The molecule has 0 bridgehead atoms. The first-order valence-corrected chi connectivity index (χ1v) is 9.62. The Bertz CT molecular complexity index is 715. The van der Waals surface area contributed by atoms with Crippen molar-refractivity contribution in [1.29, 1.82) is 0 Å². The molecule has 0 aliphatic carbocycles. The number of nitrogens with zero attached hydrogens (tertiary/aromatic N) is 1. The molecule has 2 heterocycles. The zero-order chi connectivity index (χ0) is 20.1. The number of benzene rings is 1. The molecule has 1 aromatic carbocycles. The van der Waals surface area contributed by atoms with Crippen molar-refractivity contribution in [3.05, 3.63) is 24.3 Å². The van der Waals surface area contributed by atoms with Crippen LogP contribution in [-0.2, 0) is 19.1 Å². The van der Waals surface area contributed by atoms with Gasteiger partial charge in [-0.2, -0.15) is 0 Å². The molecule has 3 amide bonds. The van der Waals surface area contributed by atoms with E-state index in [1.54, 1.807) is 43.2 Å². The molecule has 8 nitrogen and oxygen atoms in total. The molecule has 3 atom stereocenters. The van der Waals surface area contributed by atoms with Gasteiger partial charge < -0.3 is 25.0 Å². The number of carbonyl (C=O) groups excluding carboxylic acids is 3. The maximum atomic E-state index is 12.5. The Labute approximate surface area is 164 Å². The van der Waals surface area contributed by atoms with Crippen LogP contribution in [0.4, 0.5) is 5.69 Å². The van der Waals surface area contributed by atoms with Crippen LogP contribution in [0.5, 0.6) is 5.75 Å². The first-order valence-electron chi connectivity index (χ1n) is 9.62. The Morgan fingerprint density at radius 2 is 2.07 bits per heavy atom. The summed E-state index contributed by atoms with van der Waals surface area (Å²) in [6.45, 7) is 3.11. The van der Waals surface area contributed by atoms with Gasteiger partial charge in [-0.25, -0.2) is 0 Å². The fourth-order valence-electron chi connectivity index (χ4n) is 3.46. The molecule has 152 valence electrons. The number of carbonyl (C=O) groups is 3. The number of amides is 3. The minimum absolute atomic E-state index is 0.0531. The number of ether oxygens (including phenoxy) is 2. The summed E-state index contributed by atoms with van der Waals surface area (Å²) in [5.74, 6) is -0.430. The van der Waals surface area contributed by atoms with Gasteiger partial charge in [-0.15, -0.1) is 0 Å². The van der Waals surface area contributed by atoms with Crippen molar-refractivity contribution in [3.63, 3.8) is 0 Å². The molecule has 2 aliphatic heterocycles. The highest BCUT2D eigenvalue weighted by Crippen LogP contribution is 2.27. The number of methoxy groups -OCH3 is 1. The van der Waals surface area contributed by atoms with E-state index in [0.717, 1.165) is 25.1 Å². The highest BCUT2D eigenvalue weighted by Gasteiger charge is 2.36. The molecule has 2 fully saturated rings. The lowest BCUT2D eigenvalue weighted by Crippen LogP contribution is -2.48. The molecule has 2 aliphatic rings. The molecule has 28 heavy (non-hydrogen) atoms. The third kappa shape index (κ3) is 4.81. The number of anilines is 1. The van der Waals surface area contributed by atoms with Crippen LogP contribution in [0.25, 0.3) is 0 Å². The molecule has 2 saturated heterocycles. The number of hydrogen-bond donors (Lipinski definition) is 2. The lowest BCUT2D eigenvalue weighted by molar-refractivity contribution is -0.131. The number of hydrogen-bond acceptors (Lipinski definition) is 5. The highest BCUT2D eigenvalue weighted by molar-refractivity contribution is 6.01. The molecule has 2 N–H and O–H groups in total. The number of nitrogens with one attached hydrogen (secondary N) is 2. The minimum atomic E-state index is -0.668. The van der Waals surface area contributed by atoms with E-state index in [2.05, 4.69) is 10.6 Å². The van der Waals surface area contributed by atoms with Crippen molar-refractivity contribution in [3.8, 4) is 5.75 Å². The van der Waals surface area contributed by atoms with Crippen LogP contribution in [0.2, 0.25) is 0 Å². The summed E-state index contributed by atoms with van der Waals surface area (Å²) in [4.78, 5) is 38.6. The fraction of sp³-hybridized carbons (Fsp3) is 0.550. The van der Waals surface area contributed by atoms with Gasteiger partial charge in [-0.1, -0.05) is 0 Å². The largest absolute Gasteiger partial charge is 0.497 e. The van der Waals surface area contributed by atoms with E-state index in [1.165, 1.54) is 0 Å². The Balaban J connectivity index is 1.49. The smallest absolute Gasteiger partial charge is 0.242 e. The predicted molar refractivity (Wildman–Crippen MR) is 103 cm³/mol. The zero-order valence-corrected chi connectivity index (χ0v) is 16.3. The van der Waals surface area contributed by atoms with Crippen molar-refractivity contribution in [2.75, 3.05) is 31.7 Å². The summed E-state index contributed by atoms with van der Waals surface area (Å²) in [5.41, 5.74) is 0.725. The monoisotopic (exact) mass is 389 g/mol. The van der Waals surface area contributed by atoms with Gasteiger partial charge in [-0.3, -0.25) is 14.4 Å². The van der Waals surface area contributed by atoms with Crippen molar-refractivity contribution >= 4 is 23.4 Å². The summed E-state index contributed by atoms with van der Waals surface area (Å²) in [5, 5.41) is 5.52. The second kappa shape index (κ2) is 9.05. The lowest BCUT2D eigenvalue weighted by atomic mass is 10.1. The maximum Gasteiger partial charge on any atom is 0.242 e. The van der Waals surface area contributed by atoms with Gasteiger partial charge in [0.25, 0.3) is 0 Å². The lowest BCUT2D eigenvalue weighted by Gasteiger charge is -2.19. The minimum Gasteiger partial charge on any atom is -0.497 e. The van der Waals surface area contributed by atoms with Gasteiger partial charge in [-0.05, 0) is 44.0 Å². The van der Waals surface area contributed by atoms with Crippen molar-refractivity contribution in [2.45, 2.75) is 38.3 Å². The number of rotatable bonds is 7. The molecule has 0 unspecified atom stereocenters.